The number of hydrogen-bond acceptors (Lipinski definition) is 3. The first-order chi connectivity index (χ1) is 9.47. The summed E-state index contributed by atoms with van der Waals surface area (Å²) in [5.41, 5.74) is 0.874. The quantitative estimate of drug-likeness (QED) is 0.750. The van der Waals surface area contributed by atoms with Crippen molar-refractivity contribution >= 4 is 10.0 Å². The molecule has 1 saturated carbocycles. The Bertz CT molecular complexity index is 538. The largest absolute Gasteiger partial charge is 0.363 e. The van der Waals surface area contributed by atoms with Crippen molar-refractivity contribution in [1.82, 2.24) is 15.0 Å². The Morgan fingerprint density at radius 1 is 1.40 bits per heavy atom. The van der Waals surface area contributed by atoms with Crippen LogP contribution in [0.2, 0.25) is 0 Å². The highest BCUT2D eigenvalue weighted by atomic mass is 32.2. The molecule has 5 nitrogen and oxygen atoms in total. The maximum absolute atomic E-state index is 12.4. The molecule has 0 amide bonds. The Kier molecular flexibility index (Phi) is 4.88. The summed E-state index contributed by atoms with van der Waals surface area (Å²) >= 11 is 0. The SMILES string of the molecule is CCC1CCC(NS(=O)(=O)c2c[nH]c(CNC)c2)C1C. The van der Waals surface area contributed by atoms with E-state index in [2.05, 4.69) is 28.9 Å². The monoisotopic (exact) mass is 299 g/mol. The fourth-order valence-electron chi connectivity index (χ4n) is 3.12. The van der Waals surface area contributed by atoms with Gasteiger partial charge in [0.05, 0.1) is 4.90 Å². The summed E-state index contributed by atoms with van der Waals surface area (Å²) in [5, 5.41) is 3.00. The van der Waals surface area contributed by atoms with Gasteiger partial charge in [0.2, 0.25) is 10.0 Å². The van der Waals surface area contributed by atoms with Gasteiger partial charge in [-0.1, -0.05) is 20.3 Å². The van der Waals surface area contributed by atoms with Gasteiger partial charge in [0.15, 0.2) is 0 Å². The lowest BCUT2D eigenvalue weighted by molar-refractivity contribution is 0.368. The van der Waals surface area contributed by atoms with Crippen LogP contribution in [-0.2, 0) is 16.6 Å². The lowest BCUT2D eigenvalue weighted by atomic mass is 9.94. The normalized spacial score (nSPS) is 27.1. The molecule has 0 spiro atoms. The van der Waals surface area contributed by atoms with E-state index in [0.717, 1.165) is 25.0 Å². The molecule has 0 aliphatic heterocycles. The van der Waals surface area contributed by atoms with Gasteiger partial charge in [0, 0.05) is 24.5 Å². The third-order valence-corrected chi connectivity index (χ3v) is 5.92. The molecule has 3 N–H and O–H groups in total. The molecule has 2 rings (SSSR count). The number of aromatic nitrogens is 1. The van der Waals surface area contributed by atoms with Crippen molar-refractivity contribution in [3.8, 4) is 0 Å². The molecule has 0 bridgehead atoms. The number of sulfonamides is 1. The molecule has 1 fully saturated rings. The Hall–Kier alpha value is -0.850. The van der Waals surface area contributed by atoms with E-state index in [-0.39, 0.29) is 6.04 Å². The van der Waals surface area contributed by atoms with Crippen LogP contribution in [0.15, 0.2) is 17.2 Å². The molecule has 1 aliphatic carbocycles. The minimum atomic E-state index is -3.41. The van der Waals surface area contributed by atoms with Gasteiger partial charge >= 0.3 is 0 Å². The van der Waals surface area contributed by atoms with Crippen LogP contribution < -0.4 is 10.0 Å². The van der Waals surface area contributed by atoms with Crippen molar-refractivity contribution in [2.24, 2.45) is 11.8 Å². The number of aromatic amines is 1. The van der Waals surface area contributed by atoms with E-state index < -0.39 is 10.0 Å². The second-order valence-electron chi connectivity index (χ2n) is 5.72. The zero-order chi connectivity index (χ0) is 14.8. The first kappa shape index (κ1) is 15.5. The summed E-state index contributed by atoms with van der Waals surface area (Å²) < 4.78 is 27.7. The van der Waals surface area contributed by atoms with Crippen molar-refractivity contribution in [2.75, 3.05) is 7.05 Å². The zero-order valence-electron chi connectivity index (χ0n) is 12.4. The first-order valence-corrected chi connectivity index (χ1v) is 8.80. The van der Waals surface area contributed by atoms with Gasteiger partial charge in [-0.2, -0.15) is 0 Å². The van der Waals surface area contributed by atoms with E-state index in [1.54, 1.807) is 12.3 Å². The van der Waals surface area contributed by atoms with Gasteiger partial charge in [-0.25, -0.2) is 13.1 Å². The van der Waals surface area contributed by atoms with Crippen LogP contribution in [0.25, 0.3) is 0 Å². The van der Waals surface area contributed by atoms with Gasteiger partial charge in [-0.15, -0.1) is 0 Å². The summed E-state index contributed by atoms with van der Waals surface area (Å²) in [4.78, 5) is 3.32. The summed E-state index contributed by atoms with van der Waals surface area (Å²) in [6.07, 6.45) is 4.73. The molecule has 0 aromatic carbocycles. The van der Waals surface area contributed by atoms with Crippen molar-refractivity contribution in [3.63, 3.8) is 0 Å². The average Bonchev–Trinajstić information content (AvgIpc) is 2.99. The molecule has 6 heteroatoms. The molecule has 0 radical (unpaired) electrons. The summed E-state index contributed by atoms with van der Waals surface area (Å²) in [6, 6.07) is 1.75. The van der Waals surface area contributed by atoms with Crippen LogP contribution in [0.3, 0.4) is 0 Å². The molecular weight excluding hydrogens is 274 g/mol. The summed E-state index contributed by atoms with van der Waals surface area (Å²) in [5.74, 6) is 1.04. The summed E-state index contributed by atoms with van der Waals surface area (Å²) in [6.45, 7) is 4.96. The van der Waals surface area contributed by atoms with Crippen molar-refractivity contribution < 1.29 is 8.42 Å². The van der Waals surface area contributed by atoms with Gasteiger partial charge < -0.3 is 10.3 Å². The fraction of sp³-hybridized carbons (Fsp3) is 0.714. The molecule has 1 aliphatic rings. The summed E-state index contributed by atoms with van der Waals surface area (Å²) in [7, 11) is -1.58. The van der Waals surface area contributed by atoms with E-state index in [9.17, 15) is 8.42 Å². The second-order valence-corrected chi connectivity index (χ2v) is 7.44. The second kappa shape index (κ2) is 6.28. The molecule has 1 heterocycles. The smallest absolute Gasteiger partial charge is 0.242 e. The van der Waals surface area contributed by atoms with Gasteiger partial charge in [0.25, 0.3) is 0 Å². The molecule has 3 unspecified atom stereocenters. The van der Waals surface area contributed by atoms with Crippen LogP contribution in [-0.4, -0.2) is 26.5 Å². The third-order valence-electron chi connectivity index (χ3n) is 4.45. The van der Waals surface area contributed by atoms with E-state index >= 15 is 0 Å². The Labute approximate surface area is 121 Å². The minimum Gasteiger partial charge on any atom is -0.363 e. The average molecular weight is 299 g/mol. The van der Waals surface area contributed by atoms with Crippen LogP contribution in [0.5, 0.6) is 0 Å². The van der Waals surface area contributed by atoms with Crippen LogP contribution in [0, 0.1) is 11.8 Å². The van der Waals surface area contributed by atoms with E-state index in [0.29, 0.717) is 23.3 Å². The van der Waals surface area contributed by atoms with E-state index in [1.165, 1.54) is 0 Å². The lowest BCUT2D eigenvalue weighted by Crippen LogP contribution is -2.37. The number of rotatable bonds is 6. The molecule has 1 aromatic heterocycles. The molecular formula is C14H25N3O2S. The standard InChI is InChI=1S/C14H25N3O2S/c1-4-11-5-6-14(10(11)2)17-20(18,19)13-7-12(8-15-3)16-9-13/h7,9-11,14-17H,4-6,8H2,1-3H3. The molecule has 1 aromatic rings. The van der Waals surface area contributed by atoms with Gasteiger partial charge in [0.1, 0.15) is 0 Å². The van der Waals surface area contributed by atoms with Gasteiger partial charge in [-0.3, -0.25) is 0 Å². The number of hydrogen-bond donors (Lipinski definition) is 3. The molecule has 114 valence electrons. The zero-order valence-corrected chi connectivity index (χ0v) is 13.3. The van der Waals surface area contributed by atoms with E-state index in [4.69, 9.17) is 0 Å². The minimum absolute atomic E-state index is 0.0626. The predicted molar refractivity (Wildman–Crippen MR) is 79.8 cm³/mol. The highest BCUT2D eigenvalue weighted by molar-refractivity contribution is 7.89. The first-order valence-electron chi connectivity index (χ1n) is 7.32. The molecule has 0 saturated heterocycles. The predicted octanol–water partition coefficient (Wildman–Crippen LogP) is 1.84. The maximum Gasteiger partial charge on any atom is 0.242 e. The van der Waals surface area contributed by atoms with Crippen molar-refractivity contribution in [3.05, 3.63) is 18.0 Å². The third kappa shape index (κ3) is 3.24. The Morgan fingerprint density at radius 3 is 2.75 bits per heavy atom. The van der Waals surface area contributed by atoms with E-state index in [1.807, 2.05) is 7.05 Å². The molecule has 20 heavy (non-hydrogen) atoms. The maximum atomic E-state index is 12.4. The molecule has 3 atom stereocenters. The van der Waals surface area contributed by atoms with Crippen molar-refractivity contribution in [1.29, 1.82) is 0 Å². The Balaban J connectivity index is 2.07. The number of H-pyrrole nitrogens is 1. The topological polar surface area (TPSA) is 74.0 Å². The van der Waals surface area contributed by atoms with Crippen LogP contribution in [0.4, 0.5) is 0 Å². The lowest BCUT2D eigenvalue weighted by Gasteiger charge is -2.20. The highest BCUT2D eigenvalue weighted by Gasteiger charge is 2.34. The van der Waals surface area contributed by atoms with Crippen molar-refractivity contribution in [2.45, 2.75) is 50.6 Å². The van der Waals surface area contributed by atoms with Crippen LogP contribution in [0.1, 0.15) is 38.8 Å². The highest BCUT2D eigenvalue weighted by Crippen LogP contribution is 2.34. The fourth-order valence-corrected chi connectivity index (χ4v) is 4.50. The number of nitrogens with one attached hydrogen (secondary N) is 3. The van der Waals surface area contributed by atoms with Crippen LogP contribution >= 0.6 is 0 Å². The Morgan fingerprint density at radius 2 is 2.15 bits per heavy atom. The van der Waals surface area contributed by atoms with Gasteiger partial charge in [-0.05, 0) is 37.8 Å².